The number of halogens is 1. The molecular formula is C15H13FN2OS. The molecule has 0 aliphatic carbocycles. The average molecular weight is 288 g/mol. The van der Waals surface area contributed by atoms with Gasteiger partial charge >= 0.3 is 0 Å². The van der Waals surface area contributed by atoms with Crippen LogP contribution in [-0.4, -0.2) is 12.1 Å². The maximum absolute atomic E-state index is 13.1. The molecule has 0 fully saturated rings. The molecule has 5 heteroatoms. The molecule has 0 radical (unpaired) electrons. The first kappa shape index (κ1) is 12.9. The van der Waals surface area contributed by atoms with Crippen LogP contribution in [0.4, 0.5) is 9.52 Å². The molecule has 0 bridgehead atoms. The van der Waals surface area contributed by atoms with Gasteiger partial charge in [0, 0.05) is 12.6 Å². The van der Waals surface area contributed by atoms with E-state index in [1.165, 1.54) is 23.5 Å². The van der Waals surface area contributed by atoms with Crippen molar-refractivity contribution in [3.63, 3.8) is 0 Å². The van der Waals surface area contributed by atoms with Crippen LogP contribution in [0.1, 0.15) is 5.56 Å². The summed E-state index contributed by atoms with van der Waals surface area (Å²) in [5.74, 6) is 0.567. The van der Waals surface area contributed by atoms with Gasteiger partial charge in [0.15, 0.2) is 5.13 Å². The Balaban J connectivity index is 1.76. The van der Waals surface area contributed by atoms with Crippen LogP contribution in [0.2, 0.25) is 0 Å². The third-order valence-electron chi connectivity index (χ3n) is 2.93. The van der Waals surface area contributed by atoms with E-state index in [-0.39, 0.29) is 5.82 Å². The molecule has 1 N–H and O–H groups in total. The van der Waals surface area contributed by atoms with E-state index in [0.29, 0.717) is 12.1 Å². The fourth-order valence-corrected chi connectivity index (χ4v) is 2.78. The van der Waals surface area contributed by atoms with Gasteiger partial charge in [-0.15, -0.1) is 0 Å². The molecule has 3 nitrogen and oxygen atoms in total. The van der Waals surface area contributed by atoms with Crippen LogP contribution in [0.3, 0.4) is 0 Å². The molecule has 0 amide bonds. The fraction of sp³-hybridized carbons (Fsp3) is 0.133. The lowest BCUT2D eigenvalue weighted by Crippen LogP contribution is -1.98. The average Bonchev–Trinajstić information content (AvgIpc) is 2.87. The maximum atomic E-state index is 13.1. The van der Waals surface area contributed by atoms with Gasteiger partial charge in [0.05, 0.1) is 17.3 Å². The first-order chi connectivity index (χ1) is 9.74. The van der Waals surface area contributed by atoms with E-state index in [2.05, 4.69) is 10.3 Å². The highest BCUT2D eigenvalue weighted by Crippen LogP contribution is 2.26. The number of methoxy groups -OCH3 is 1. The molecular weight excluding hydrogens is 275 g/mol. The van der Waals surface area contributed by atoms with Crippen molar-refractivity contribution in [1.29, 1.82) is 0 Å². The Morgan fingerprint density at radius 2 is 2.15 bits per heavy atom. The van der Waals surface area contributed by atoms with Crippen molar-refractivity contribution < 1.29 is 9.13 Å². The summed E-state index contributed by atoms with van der Waals surface area (Å²) in [4.78, 5) is 4.37. The van der Waals surface area contributed by atoms with E-state index < -0.39 is 0 Å². The molecule has 1 heterocycles. The molecule has 0 aliphatic rings. The first-order valence-corrected chi connectivity index (χ1v) is 6.99. The Labute approximate surface area is 120 Å². The van der Waals surface area contributed by atoms with Gasteiger partial charge in [-0.1, -0.05) is 23.5 Å². The summed E-state index contributed by atoms with van der Waals surface area (Å²) >= 11 is 1.52. The standard InChI is InChI=1S/C15H13FN2OS/c1-19-12-4-2-3-10(7-12)9-17-15-18-13-8-11(16)5-6-14(13)20-15/h2-8H,9H2,1H3,(H,17,18). The van der Waals surface area contributed by atoms with Gasteiger partial charge in [-0.25, -0.2) is 9.37 Å². The SMILES string of the molecule is COc1cccc(CNc2nc3cc(F)ccc3s2)c1. The van der Waals surface area contributed by atoms with Crippen molar-refractivity contribution in [2.45, 2.75) is 6.54 Å². The lowest BCUT2D eigenvalue weighted by atomic mass is 10.2. The van der Waals surface area contributed by atoms with Crippen LogP contribution >= 0.6 is 11.3 Å². The molecule has 102 valence electrons. The van der Waals surface area contributed by atoms with E-state index in [1.807, 2.05) is 24.3 Å². The normalized spacial score (nSPS) is 10.7. The summed E-state index contributed by atoms with van der Waals surface area (Å²) in [6, 6.07) is 12.5. The van der Waals surface area contributed by atoms with Gasteiger partial charge in [-0.05, 0) is 29.8 Å². The summed E-state index contributed by atoms with van der Waals surface area (Å²) in [6.45, 7) is 0.652. The van der Waals surface area contributed by atoms with Crippen LogP contribution in [0.15, 0.2) is 42.5 Å². The number of benzene rings is 2. The fourth-order valence-electron chi connectivity index (χ4n) is 1.94. The highest BCUT2D eigenvalue weighted by molar-refractivity contribution is 7.22. The largest absolute Gasteiger partial charge is 0.497 e. The van der Waals surface area contributed by atoms with Crippen LogP contribution in [0, 0.1) is 5.82 Å². The van der Waals surface area contributed by atoms with Crippen molar-refractivity contribution >= 4 is 26.7 Å². The summed E-state index contributed by atoms with van der Waals surface area (Å²) < 4.78 is 19.3. The smallest absolute Gasteiger partial charge is 0.184 e. The molecule has 1 aromatic heterocycles. The highest BCUT2D eigenvalue weighted by Gasteiger charge is 2.04. The van der Waals surface area contributed by atoms with Crippen LogP contribution in [0.5, 0.6) is 5.75 Å². The second kappa shape index (κ2) is 5.46. The zero-order valence-electron chi connectivity index (χ0n) is 10.9. The Morgan fingerprint density at radius 3 is 3.00 bits per heavy atom. The predicted octanol–water partition coefficient (Wildman–Crippen LogP) is 4.06. The number of nitrogens with one attached hydrogen (secondary N) is 1. The molecule has 0 unspecified atom stereocenters. The number of anilines is 1. The molecule has 20 heavy (non-hydrogen) atoms. The summed E-state index contributed by atoms with van der Waals surface area (Å²) in [6.07, 6.45) is 0. The minimum Gasteiger partial charge on any atom is -0.497 e. The van der Waals surface area contributed by atoms with E-state index >= 15 is 0 Å². The van der Waals surface area contributed by atoms with Gasteiger partial charge in [0.2, 0.25) is 0 Å². The molecule has 2 aromatic carbocycles. The summed E-state index contributed by atoms with van der Waals surface area (Å²) in [5.41, 5.74) is 1.79. The number of rotatable bonds is 4. The van der Waals surface area contributed by atoms with E-state index in [4.69, 9.17) is 4.74 Å². The number of ether oxygens (including phenoxy) is 1. The third kappa shape index (κ3) is 2.72. The number of hydrogen-bond acceptors (Lipinski definition) is 4. The van der Waals surface area contributed by atoms with Crippen LogP contribution < -0.4 is 10.1 Å². The minimum absolute atomic E-state index is 0.262. The highest BCUT2D eigenvalue weighted by atomic mass is 32.1. The zero-order valence-corrected chi connectivity index (χ0v) is 11.7. The van der Waals surface area contributed by atoms with Crippen molar-refractivity contribution in [3.05, 3.63) is 53.8 Å². The Morgan fingerprint density at radius 1 is 1.25 bits per heavy atom. The van der Waals surface area contributed by atoms with Gasteiger partial charge in [-0.2, -0.15) is 0 Å². The van der Waals surface area contributed by atoms with Gasteiger partial charge < -0.3 is 10.1 Å². The predicted molar refractivity (Wildman–Crippen MR) is 79.9 cm³/mol. The lowest BCUT2D eigenvalue weighted by molar-refractivity contribution is 0.414. The lowest BCUT2D eigenvalue weighted by Gasteiger charge is -2.05. The summed E-state index contributed by atoms with van der Waals surface area (Å²) in [5, 5.41) is 4.04. The Bertz CT molecular complexity index is 742. The Hall–Kier alpha value is -2.14. The number of thiazole rings is 1. The third-order valence-corrected chi connectivity index (χ3v) is 3.92. The zero-order chi connectivity index (χ0) is 13.9. The second-order valence-corrected chi connectivity index (χ2v) is 5.37. The van der Waals surface area contributed by atoms with Crippen molar-refractivity contribution in [2.75, 3.05) is 12.4 Å². The van der Waals surface area contributed by atoms with Crippen molar-refractivity contribution in [2.24, 2.45) is 0 Å². The van der Waals surface area contributed by atoms with Crippen molar-refractivity contribution in [1.82, 2.24) is 4.98 Å². The maximum Gasteiger partial charge on any atom is 0.184 e. The van der Waals surface area contributed by atoms with Gasteiger partial charge in [0.25, 0.3) is 0 Å². The molecule has 3 aromatic rings. The monoisotopic (exact) mass is 288 g/mol. The van der Waals surface area contributed by atoms with E-state index in [1.54, 1.807) is 13.2 Å². The Kier molecular flexibility index (Phi) is 3.52. The molecule has 0 spiro atoms. The summed E-state index contributed by atoms with van der Waals surface area (Å²) in [7, 11) is 1.65. The second-order valence-electron chi connectivity index (χ2n) is 4.34. The quantitative estimate of drug-likeness (QED) is 0.786. The first-order valence-electron chi connectivity index (χ1n) is 6.17. The number of fused-ring (bicyclic) bond motifs is 1. The van der Waals surface area contributed by atoms with E-state index in [9.17, 15) is 4.39 Å². The molecule has 0 aliphatic heterocycles. The number of nitrogens with zero attached hydrogens (tertiary/aromatic N) is 1. The minimum atomic E-state index is -0.262. The number of hydrogen-bond donors (Lipinski definition) is 1. The van der Waals surface area contributed by atoms with Gasteiger partial charge in [0.1, 0.15) is 11.6 Å². The van der Waals surface area contributed by atoms with Crippen molar-refractivity contribution in [3.8, 4) is 5.75 Å². The van der Waals surface area contributed by atoms with Gasteiger partial charge in [-0.3, -0.25) is 0 Å². The topological polar surface area (TPSA) is 34.1 Å². The van der Waals surface area contributed by atoms with Crippen LogP contribution in [0.25, 0.3) is 10.2 Å². The molecule has 0 saturated carbocycles. The van der Waals surface area contributed by atoms with Crippen LogP contribution in [-0.2, 0) is 6.54 Å². The molecule has 0 saturated heterocycles. The molecule has 0 atom stereocenters. The molecule has 3 rings (SSSR count). The number of aromatic nitrogens is 1. The van der Waals surface area contributed by atoms with E-state index in [0.717, 1.165) is 21.1 Å².